The summed E-state index contributed by atoms with van der Waals surface area (Å²) < 4.78 is 0. The predicted octanol–water partition coefficient (Wildman–Crippen LogP) is 2.36. The molecule has 0 bridgehead atoms. The van der Waals surface area contributed by atoms with Crippen LogP contribution < -0.4 is 4.90 Å². The summed E-state index contributed by atoms with van der Waals surface area (Å²) in [5, 5.41) is 0.740. The van der Waals surface area contributed by atoms with Crippen LogP contribution in [-0.4, -0.2) is 30.6 Å². The van der Waals surface area contributed by atoms with Crippen LogP contribution >= 0.6 is 11.6 Å². The maximum atomic E-state index is 11.3. The zero-order valence-electron chi connectivity index (χ0n) is 9.32. The Morgan fingerprint density at radius 2 is 1.94 bits per heavy atom. The Kier molecular flexibility index (Phi) is 3.34. The molecule has 0 saturated carbocycles. The van der Waals surface area contributed by atoms with E-state index in [1.165, 1.54) is 0 Å². The van der Waals surface area contributed by atoms with Crippen molar-refractivity contribution in [3.05, 3.63) is 29.3 Å². The van der Waals surface area contributed by atoms with E-state index in [0.717, 1.165) is 30.2 Å². The van der Waals surface area contributed by atoms with Crippen molar-refractivity contribution in [1.82, 2.24) is 4.90 Å². The zero-order chi connectivity index (χ0) is 11.5. The summed E-state index contributed by atoms with van der Waals surface area (Å²) in [4.78, 5) is 15.4. The van der Waals surface area contributed by atoms with Gasteiger partial charge in [-0.15, -0.1) is 0 Å². The third-order valence-electron chi connectivity index (χ3n) is 2.83. The summed E-state index contributed by atoms with van der Waals surface area (Å²) in [7, 11) is 0. The second-order valence-electron chi connectivity index (χ2n) is 4.02. The number of benzene rings is 1. The molecule has 2 rings (SSSR count). The highest BCUT2D eigenvalue weighted by molar-refractivity contribution is 6.30. The first-order valence-corrected chi connectivity index (χ1v) is 5.80. The topological polar surface area (TPSA) is 23.6 Å². The molecule has 1 fully saturated rings. The SMILES string of the molecule is CC(=O)N1CCCN(c2ccc(Cl)cc2)C1. The van der Waals surface area contributed by atoms with E-state index in [-0.39, 0.29) is 5.91 Å². The van der Waals surface area contributed by atoms with Crippen molar-refractivity contribution in [2.45, 2.75) is 13.3 Å². The van der Waals surface area contributed by atoms with Crippen molar-refractivity contribution < 1.29 is 4.79 Å². The Balaban J connectivity index is 2.09. The van der Waals surface area contributed by atoms with Gasteiger partial charge >= 0.3 is 0 Å². The lowest BCUT2D eigenvalue weighted by Gasteiger charge is -2.36. The van der Waals surface area contributed by atoms with Crippen molar-refractivity contribution in [1.29, 1.82) is 0 Å². The van der Waals surface area contributed by atoms with Gasteiger partial charge in [-0.25, -0.2) is 0 Å². The number of halogens is 1. The minimum Gasteiger partial charge on any atom is -0.354 e. The molecule has 3 nitrogen and oxygen atoms in total. The second-order valence-corrected chi connectivity index (χ2v) is 4.45. The summed E-state index contributed by atoms with van der Waals surface area (Å²) in [5.41, 5.74) is 1.12. The van der Waals surface area contributed by atoms with Gasteiger partial charge in [0.2, 0.25) is 5.91 Å². The lowest BCUT2D eigenvalue weighted by molar-refractivity contribution is -0.129. The van der Waals surface area contributed by atoms with Crippen molar-refractivity contribution in [3.8, 4) is 0 Å². The number of nitrogens with zero attached hydrogens (tertiary/aromatic N) is 2. The van der Waals surface area contributed by atoms with Crippen molar-refractivity contribution in [2.24, 2.45) is 0 Å². The molecule has 0 N–H and O–H groups in total. The van der Waals surface area contributed by atoms with E-state index in [1.807, 2.05) is 29.2 Å². The van der Waals surface area contributed by atoms with Gasteiger partial charge in [-0.3, -0.25) is 4.79 Å². The lowest BCUT2D eigenvalue weighted by atomic mass is 10.2. The molecule has 0 radical (unpaired) electrons. The Bertz CT molecular complexity index is 377. The highest BCUT2D eigenvalue weighted by atomic mass is 35.5. The highest BCUT2D eigenvalue weighted by Gasteiger charge is 2.19. The number of amides is 1. The first kappa shape index (κ1) is 11.3. The number of hydrogen-bond donors (Lipinski definition) is 0. The second kappa shape index (κ2) is 4.74. The van der Waals surface area contributed by atoms with Gasteiger partial charge in [0.05, 0.1) is 6.67 Å². The molecule has 16 heavy (non-hydrogen) atoms. The molecule has 0 unspecified atom stereocenters. The van der Waals surface area contributed by atoms with Crippen LogP contribution in [-0.2, 0) is 4.79 Å². The highest BCUT2D eigenvalue weighted by Crippen LogP contribution is 2.20. The molecule has 1 saturated heterocycles. The summed E-state index contributed by atoms with van der Waals surface area (Å²) in [6.07, 6.45) is 1.02. The first-order valence-electron chi connectivity index (χ1n) is 5.43. The van der Waals surface area contributed by atoms with E-state index in [0.29, 0.717) is 6.67 Å². The normalized spacial score (nSPS) is 16.4. The number of hydrogen-bond acceptors (Lipinski definition) is 2. The molecule has 4 heteroatoms. The van der Waals surface area contributed by atoms with Gasteiger partial charge in [-0.2, -0.15) is 0 Å². The molecular formula is C12H15ClN2O. The summed E-state index contributed by atoms with van der Waals surface area (Å²) in [6.45, 7) is 4.15. The van der Waals surface area contributed by atoms with Gasteiger partial charge in [0.1, 0.15) is 0 Å². The molecule has 1 amide bonds. The molecule has 0 aromatic heterocycles. The summed E-state index contributed by atoms with van der Waals surface area (Å²) in [5.74, 6) is 0.138. The Morgan fingerprint density at radius 3 is 2.56 bits per heavy atom. The first-order chi connectivity index (χ1) is 7.66. The number of rotatable bonds is 1. The average Bonchev–Trinajstić information content (AvgIpc) is 2.30. The largest absolute Gasteiger partial charge is 0.354 e. The van der Waals surface area contributed by atoms with Crippen molar-refractivity contribution >= 4 is 23.2 Å². The van der Waals surface area contributed by atoms with Gasteiger partial charge < -0.3 is 9.80 Å². The van der Waals surface area contributed by atoms with E-state index in [9.17, 15) is 4.79 Å². The Labute approximate surface area is 101 Å². The van der Waals surface area contributed by atoms with Gasteiger partial charge in [0, 0.05) is 30.7 Å². The molecule has 1 aliphatic heterocycles. The zero-order valence-corrected chi connectivity index (χ0v) is 10.1. The molecule has 1 aromatic rings. The number of carbonyl (C=O) groups is 1. The van der Waals surface area contributed by atoms with Crippen LogP contribution in [0.5, 0.6) is 0 Å². The fourth-order valence-electron chi connectivity index (χ4n) is 1.92. The van der Waals surface area contributed by atoms with Crippen LogP contribution in [0.2, 0.25) is 5.02 Å². The molecule has 0 spiro atoms. The third-order valence-corrected chi connectivity index (χ3v) is 3.09. The smallest absolute Gasteiger partial charge is 0.220 e. The maximum absolute atomic E-state index is 11.3. The minimum atomic E-state index is 0.138. The van der Waals surface area contributed by atoms with Crippen LogP contribution in [0.4, 0.5) is 5.69 Å². The van der Waals surface area contributed by atoms with E-state index >= 15 is 0 Å². The van der Waals surface area contributed by atoms with Gasteiger partial charge in [0.25, 0.3) is 0 Å². The fraction of sp³-hybridized carbons (Fsp3) is 0.417. The summed E-state index contributed by atoms with van der Waals surface area (Å²) >= 11 is 5.85. The monoisotopic (exact) mass is 238 g/mol. The van der Waals surface area contributed by atoms with Crippen LogP contribution in [0.1, 0.15) is 13.3 Å². The quantitative estimate of drug-likeness (QED) is 0.750. The van der Waals surface area contributed by atoms with Crippen LogP contribution in [0.15, 0.2) is 24.3 Å². The van der Waals surface area contributed by atoms with E-state index in [4.69, 9.17) is 11.6 Å². The van der Waals surface area contributed by atoms with Crippen molar-refractivity contribution in [3.63, 3.8) is 0 Å². The lowest BCUT2D eigenvalue weighted by Crippen LogP contribution is -2.46. The van der Waals surface area contributed by atoms with Crippen LogP contribution in [0.25, 0.3) is 0 Å². The predicted molar refractivity (Wildman–Crippen MR) is 65.7 cm³/mol. The van der Waals surface area contributed by atoms with Gasteiger partial charge in [0.15, 0.2) is 0 Å². The van der Waals surface area contributed by atoms with Crippen LogP contribution in [0.3, 0.4) is 0 Å². The Hall–Kier alpha value is -1.22. The number of anilines is 1. The third kappa shape index (κ3) is 2.47. The standard InChI is InChI=1S/C12H15ClN2O/c1-10(16)14-7-2-8-15(9-14)12-5-3-11(13)4-6-12/h3-6H,2,7-9H2,1H3. The Morgan fingerprint density at radius 1 is 1.25 bits per heavy atom. The molecule has 86 valence electrons. The molecule has 1 aromatic carbocycles. The molecular weight excluding hydrogens is 224 g/mol. The summed E-state index contributed by atoms with van der Waals surface area (Å²) in [6, 6.07) is 7.74. The molecule has 0 aliphatic carbocycles. The molecule has 0 atom stereocenters. The van der Waals surface area contributed by atoms with Crippen molar-refractivity contribution in [2.75, 3.05) is 24.7 Å². The molecule has 1 heterocycles. The number of carbonyl (C=O) groups excluding carboxylic acids is 1. The van der Waals surface area contributed by atoms with Crippen LogP contribution in [0, 0.1) is 0 Å². The van der Waals surface area contributed by atoms with Gasteiger partial charge in [-0.1, -0.05) is 11.6 Å². The van der Waals surface area contributed by atoms with Gasteiger partial charge in [-0.05, 0) is 30.7 Å². The minimum absolute atomic E-state index is 0.138. The van der Waals surface area contributed by atoms with E-state index in [2.05, 4.69) is 4.90 Å². The maximum Gasteiger partial charge on any atom is 0.220 e. The fourth-order valence-corrected chi connectivity index (χ4v) is 2.05. The van der Waals surface area contributed by atoms with E-state index in [1.54, 1.807) is 6.92 Å². The van der Waals surface area contributed by atoms with E-state index < -0.39 is 0 Å². The average molecular weight is 239 g/mol. The molecule has 1 aliphatic rings.